The fourth-order valence-electron chi connectivity index (χ4n) is 3.34. The second kappa shape index (κ2) is 8.56. The summed E-state index contributed by atoms with van der Waals surface area (Å²) < 4.78 is 10.7. The number of amides is 1. The van der Waals surface area contributed by atoms with Crippen molar-refractivity contribution < 1.29 is 14.3 Å². The Labute approximate surface area is 151 Å². The number of rotatable bonds is 5. The third kappa shape index (κ3) is 6.94. The number of ether oxygens (including phenoxy) is 2. The number of nitrogens with zero attached hydrogens (tertiary/aromatic N) is 1. The highest BCUT2D eigenvalue weighted by Crippen LogP contribution is 2.19. The van der Waals surface area contributed by atoms with Crippen LogP contribution in [-0.4, -0.2) is 49.4 Å². The first-order valence-corrected chi connectivity index (χ1v) is 9.10. The molecule has 0 spiro atoms. The van der Waals surface area contributed by atoms with Crippen molar-refractivity contribution in [2.24, 2.45) is 5.92 Å². The molecule has 1 aromatic rings. The summed E-state index contributed by atoms with van der Waals surface area (Å²) in [5.74, 6) is 1.45. The van der Waals surface area contributed by atoms with E-state index in [1.54, 1.807) is 7.11 Å². The lowest BCUT2D eigenvalue weighted by atomic mass is 9.95. The molecule has 1 saturated heterocycles. The van der Waals surface area contributed by atoms with Crippen LogP contribution >= 0.6 is 0 Å². The maximum Gasteiger partial charge on any atom is 0.407 e. The zero-order valence-electron chi connectivity index (χ0n) is 16.2. The van der Waals surface area contributed by atoms with Crippen molar-refractivity contribution in [1.29, 1.82) is 0 Å². The van der Waals surface area contributed by atoms with Gasteiger partial charge in [-0.05, 0) is 57.2 Å². The molecule has 0 bridgehead atoms. The number of likely N-dealkylation sites (tertiary alicyclic amines) is 1. The molecule has 5 heteroatoms. The summed E-state index contributed by atoms with van der Waals surface area (Å²) in [6.07, 6.45) is 1.65. The highest BCUT2D eigenvalue weighted by molar-refractivity contribution is 5.68. The van der Waals surface area contributed by atoms with E-state index >= 15 is 0 Å². The van der Waals surface area contributed by atoms with Crippen LogP contribution in [0.5, 0.6) is 5.75 Å². The lowest BCUT2D eigenvalue weighted by Crippen LogP contribution is -2.51. The number of methoxy groups -OCH3 is 1. The minimum Gasteiger partial charge on any atom is -0.497 e. The Balaban J connectivity index is 1.85. The average molecular weight is 348 g/mol. The van der Waals surface area contributed by atoms with Crippen molar-refractivity contribution in [3.63, 3.8) is 0 Å². The van der Waals surface area contributed by atoms with Gasteiger partial charge in [0.2, 0.25) is 0 Å². The van der Waals surface area contributed by atoms with Crippen molar-refractivity contribution in [1.82, 2.24) is 10.2 Å². The largest absolute Gasteiger partial charge is 0.497 e. The molecule has 0 saturated carbocycles. The first kappa shape index (κ1) is 19.6. The SMILES string of the molecule is COc1cccc(CCN2C[C@@H](C)C[C@@H](NC(=O)OC(C)(C)C)C2)c1. The van der Waals surface area contributed by atoms with Crippen LogP contribution in [0.2, 0.25) is 0 Å². The molecule has 1 aromatic carbocycles. The van der Waals surface area contributed by atoms with E-state index < -0.39 is 5.60 Å². The van der Waals surface area contributed by atoms with E-state index in [0.29, 0.717) is 5.92 Å². The maximum absolute atomic E-state index is 12.0. The molecule has 1 amide bonds. The topological polar surface area (TPSA) is 50.8 Å². The van der Waals surface area contributed by atoms with Gasteiger partial charge in [0.1, 0.15) is 11.4 Å². The summed E-state index contributed by atoms with van der Waals surface area (Å²) in [5.41, 5.74) is 0.811. The molecule has 1 heterocycles. The van der Waals surface area contributed by atoms with Crippen molar-refractivity contribution in [2.75, 3.05) is 26.7 Å². The molecule has 1 N–H and O–H groups in total. The Kier molecular flexibility index (Phi) is 6.71. The van der Waals surface area contributed by atoms with Crippen LogP contribution in [-0.2, 0) is 11.2 Å². The zero-order chi connectivity index (χ0) is 18.4. The number of alkyl carbamates (subject to hydrolysis) is 1. The van der Waals surface area contributed by atoms with Crippen molar-refractivity contribution in [3.05, 3.63) is 29.8 Å². The summed E-state index contributed by atoms with van der Waals surface area (Å²) in [4.78, 5) is 14.5. The first-order valence-electron chi connectivity index (χ1n) is 9.10. The highest BCUT2D eigenvalue weighted by atomic mass is 16.6. The number of benzene rings is 1. The summed E-state index contributed by atoms with van der Waals surface area (Å²) in [6, 6.07) is 8.35. The van der Waals surface area contributed by atoms with Gasteiger partial charge in [0.25, 0.3) is 0 Å². The molecular formula is C20H32N2O3. The van der Waals surface area contributed by atoms with Crippen molar-refractivity contribution in [2.45, 2.75) is 52.2 Å². The summed E-state index contributed by atoms with van der Waals surface area (Å²) in [6.45, 7) is 10.8. The van der Waals surface area contributed by atoms with E-state index in [2.05, 4.69) is 29.3 Å². The predicted octanol–water partition coefficient (Wildman–Crippen LogP) is 3.47. The lowest BCUT2D eigenvalue weighted by Gasteiger charge is -2.37. The van der Waals surface area contributed by atoms with Crippen molar-refractivity contribution >= 4 is 6.09 Å². The van der Waals surface area contributed by atoms with Crippen LogP contribution in [0.15, 0.2) is 24.3 Å². The zero-order valence-corrected chi connectivity index (χ0v) is 16.2. The second-order valence-corrected chi connectivity index (χ2v) is 8.05. The van der Waals surface area contributed by atoms with Gasteiger partial charge in [0.05, 0.1) is 7.11 Å². The molecule has 0 radical (unpaired) electrons. The Morgan fingerprint density at radius 2 is 2.08 bits per heavy atom. The fourth-order valence-corrected chi connectivity index (χ4v) is 3.34. The van der Waals surface area contributed by atoms with Crippen LogP contribution in [0.25, 0.3) is 0 Å². The standard InChI is InChI=1S/C20H32N2O3/c1-15-11-17(21-19(23)25-20(2,3)4)14-22(13-15)10-9-16-7-6-8-18(12-16)24-5/h6-8,12,15,17H,9-11,13-14H2,1-5H3,(H,21,23)/t15-,17+/m0/s1. The third-order valence-electron chi connectivity index (χ3n) is 4.31. The smallest absolute Gasteiger partial charge is 0.407 e. The van der Waals surface area contributed by atoms with Gasteiger partial charge < -0.3 is 19.7 Å². The monoisotopic (exact) mass is 348 g/mol. The molecule has 5 nitrogen and oxygen atoms in total. The number of hydrogen-bond donors (Lipinski definition) is 1. The molecule has 140 valence electrons. The normalized spacial score (nSPS) is 21.6. The van der Waals surface area contributed by atoms with Crippen LogP contribution in [0.4, 0.5) is 4.79 Å². The number of nitrogens with one attached hydrogen (secondary N) is 1. The minimum absolute atomic E-state index is 0.143. The Morgan fingerprint density at radius 3 is 2.76 bits per heavy atom. The quantitative estimate of drug-likeness (QED) is 0.885. The minimum atomic E-state index is -0.462. The number of carbonyl (C=O) groups is 1. The number of piperidine rings is 1. The predicted molar refractivity (Wildman–Crippen MR) is 100 cm³/mol. The van der Waals surface area contributed by atoms with E-state index in [1.165, 1.54) is 5.56 Å². The summed E-state index contributed by atoms with van der Waals surface area (Å²) >= 11 is 0. The van der Waals surface area contributed by atoms with Gasteiger partial charge in [-0.15, -0.1) is 0 Å². The molecule has 2 atom stereocenters. The lowest BCUT2D eigenvalue weighted by molar-refractivity contribution is 0.0454. The average Bonchev–Trinajstić information content (AvgIpc) is 2.50. The number of hydrogen-bond acceptors (Lipinski definition) is 4. The molecule has 1 aliphatic rings. The second-order valence-electron chi connectivity index (χ2n) is 8.05. The molecule has 0 aliphatic carbocycles. The molecular weight excluding hydrogens is 316 g/mol. The van der Waals surface area contributed by atoms with E-state index in [0.717, 1.165) is 38.2 Å². The van der Waals surface area contributed by atoms with E-state index in [1.807, 2.05) is 32.9 Å². The van der Waals surface area contributed by atoms with Crippen LogP contribution in [0, 0.1) is 5.92 Å². The van der Waals surface area contributed by atoms with Gasteiger partial charge in [0, 0.05) is 25.7 Å². The van der Waals surface area contributed by atoms with E-state index in [4.69, 9.17) is 9.47 Å². The van der Waals surface area contributed by atoms with E-state index in [9.17, 15) is 4.79 Å². The molecule has 0 aromatic heterocycles. The summed E-state index contributed by atoms with van der Waals surface area (Å²) in [7, 11) is 1.69. The van der Waals surface area contributed by atoms with Gasteiger partial charge in [0.15, 0.2) is 0 Å². The molecule has 25 heavy (non-hydrogen) atoms. The Morgan fingerprint density at radius 1 is 1.32 bits per heavy atom. The van der Waals surface area contributed by atoms with Crippen molar-refractivity contribution in [3.8, 4) is 5.75 Å². The number of carbonyl (C=O) groups excluding carboxylic acids is 1. The first-order chi connectivity index (χ1) is 11.7. The van der Waals surface area contributed by atoms with Gasteiger partial charge in [-0.3, -0.25) is 0 Å². The van der Waals surface area contributed by atoms with Crippen LogP contribution in [0.1, 0.15) is 39.7 Å². The van der Waals surface area contributed by atoms with Gasteiger partial charge in [-0.2, -0.15) is 0 Å². The fraction of sp³-hybridized carbons (Fsp3) is 0.650. The Bertz CT molecular complexity index is 568. The summed E-state index contributed by atoms with van der Waals surface area (Å²) in [5, 5.41) is 3.03. The van der Waals surface area contributed by atoms with Gasteiger partial charge >= 0.3 is 6.09 Å². The highest BCUT2D eigenvalue weighted by Gasteiger charge is 2.27. The van der Waals surface area contributed by atoms with Crippen LogP contribution < -0.4 is 10.1 Å². The molecule has 1 aliphatic heterocycles. The molecule has 1 fully saturated rings. The van der Waals surface area contributed by atoms with Crippen LogP contribution in [0.3, 0.4) is 0 Å². The third-order valence-corrected chi connectivity index (χ3v) is 4.31. The molecule has 2 rings (SSSR count). The Hall–Kier alpha value is -1.75. The van der Waals surface area contributed by atoms with Gasteiger partial charge in [-0.1, -0.05) is 19.1 Å². The molecule has 0 unspecified atom stereocenters. The van der Waals surface area contributed by atoms with E-state index in [-0.39, 0.29) is 12.1 Å². The van der Waals surface area contributed by atoms with Gasteiger partial charge in [-0.25, -0.2) is 4.79 Å². The maximum atomic E-state index is 12.0.